The molecule has 0 amide bonds. The van der Waals surface area contributed by atoms with Gasteiger partial charge in [0.05, 0.1) is 5.52 Å². The fourth-order valence-corrected chi connectivity index (χ4v) is 3.23. The van der Waals surface area contributed by atoms with Crippen molar-refractivity contribution in [3.8, 4) is 11.5 Å². The van der Waals surface area contributed by atoms with Crippen LogP contribution in [0.3, 0.4) is 0 Å². The van der Waals surface area contributed by atoms with Crippen LogP contribution in [0.5, 0.6) is 11.5 Å². The fourth-order valence-electron chi connectivity index (χ4n) is 3.23. The van der Waals surface area contributed by atoms with Gasteiger partial charge in [-0.3, -0.25) is 9.78 Å². The van der Waals surface area contributed by atoms with Crippen molar-refractivity contribution in [1.82, 2.24) is 4.98 Å². The molecule has 4 heteroatoms. The number of carbonyl (C=O) groups excluding carboxylic acids is 1. The number of nitrogens with two attached hydrogens (primary N) is 1. The minimum absolute atomic E-state index is 0.0416. The van der Waals surface area contributed by atoms with E-state index in [1.54, 1.807) is 31.2 Å². The van der Waals surface area contributed by atoms with Gasteiger partial charge in [-0.2, -0.15) is 0 Å². The predicted octanol–water partition coefficient (Wildman–Crippen LogP) is 4.30. The van der Waals surface area contributed by atoms with Crippen LogP contribution in [0.4, 0.5) is 5.69 Å². The summed E-state index contributed by atoms with van der Waals surface area (Å²) in [6.07, 6.45) is 3.13. The van der Waals surface area contributed by atoms with Crippen LogP contribution in [-0.4, -0.2) is 10.8 Å². The van der Waals surface area contributed by atoms with Crippen molar-refractivity contribution in [2.75, 3.05) is 5.73 Å². The SMILES string of the molecule is CC(=O)c1ccc(Oc2ccc3nc4c(c(N)c3c2)CCC4)cc1. The van der Waals surface area contributed by atoms with Crippen LogP contribution in [0.15, 0.2) is 42.5 Å². The van der Waals surface area contributed by atoms with E-state index in [0.717, 1.165) is 41.5 Å². The van der Waals surface area contributed by atoms with E-state index in [1.807, 2.05) is 18.2 Å². The Bertz CT molecular complexity index is 946. The molecule has 3 aromatic rings. The number of carbonyl (C=O) groups is 1. The van der Waals surface area contributed by atoms with Crippen LogP contribution in [0.2, 0.25) is 0 Å². The van der Waals surface area contributed by atoms with Crippen LogP contribution in [-0.2, 0) is 12.8 Å². The number of hydrogen-bond acceptors (Lipinski definition) is 4. The molecule has 0 fully saturated rings. The molecule has 2 aromatic carbocycles. The molecule has 0 unspecified atom stereocenters. The Labute approximate surface area is 140 Å². The topological polar surface area (TPSA) is 65.2 Å². The highest BCUT2D eigenvalue weighted by Gasteiger charge is 2.18. The van der Waals surface area contributed by atoms with Crippen molar-refractivity contribution in [1.29, 1.82) is 0 Å². The average molecular weight is 318 g/mol. The highest BCUT2D eigenvalue weighted by Crippen LogP contribution is 2.34. The molecule has 1 aliphatic carbocycles. The summed E-state index contributed by atoms with van der Waals surface area (Å²) >= 11 is 0. The number of aryl methyl sites for hydroxylation is 1. The summed E-state index contributed by atoms with van der Waals surface area (Å²) < 4.78 is 5.90. The van der Waals surface area contributed by atoms with Crippen LogP contribution in [0.1, 0.15) is 35.0 Å². The molecule has 4 rings (SSSR count). The molecule has 2 N–H and O–H groups in total. The van der Waals surface area contributed by atoms with E-state index in [0.29, 0.717) is 17.1 Å². The Kier molecular flexibility index (Phi) is 3.45. The van der Waals surface area contributed by atoms with E-state index in [1.165, 1.54) is 5.56 Å². The lowest BCUT2D eigenvalue weighted by Crippen LogP contribution is -1.98. The molecule has 0 bridgehead atoms. The highest BCUT2D eigenvalue weighted by molar-refractivity contribution is 5.94. The number of nitrogen functional groups attached to an aromatic ring is 1. The Morgan fingerprint density at radius 1 is 1.08 bits per heavy atom. The van der Waals surface area contributed by atoms with Gasteiger partial charge >= 0.3 is 0 Å². The summed E-state index contributed by atoms with van der Waals surface area (Å²) in [6.45, 7) is 1.55. The molecule has 0 atom stereocenters. The maximum absolute atomic E-state index is 11.3. The van der Waals surface area contributed by atoms with Crippen molar-refractivity contribution in [3.63, 3.8) is 0 Å². The van der Waals surface area contributed by atoms with Crippen LogP contribution in [0.25, 0.3) is 10.9 Å². The van der Waals surface area contributed by atoms with Gasteiger partial charge in [0, 0.05) is 22.3 Å². The summed E-state index contributed by atoms with van der Waals surface area (Å²) in [7, 11) is 0. The first kappa shape index (κ1) is 14.7. The van der Waals surface area contributed by atoms with Crippen LogP contribution in [0, 0.1) is 0 Å². The van der Waals surface area contributed by atoms with E-state index in [-0.39, 0.29) is 5.78 Å². The zero-order valence-corrected chi connectivity index (χ0v) is 13.5. The molecular formula is C20H18N2O2. The summed E-state index contributed by atoms with van der Waals surface area (Å²) in [4.78, 5) is 16.1. The first-order chi connectivity index (χ1) is 11.6. The predicted molar refractivity (Wildman–Crippen MR) is 94.7 cm³/mol. The van der Waals surface area contributed by atoms with Gasteiger partial charge in [0.2, 0.25) is 0 Å². The second-order valence-electron chi connectivity index (χ2n) is 6.17. The zero-order chi connectivity index (χ0) is 16.7. The number of ether oxygens (including phenoxy) is 1. The maximum Gasteiger partial charge on any atom is 0.159 e. The number of rotatable bonds is 3. The molecule has 24 heavy (non-hydrogen) atoms. The monoisotopic (exact) mass is 318 g/mol. The molecule has 0 spiro atoms. The van der Waals surface area contributed by atoms with Gasteiger partial charge in [-0.25, -0.2) is 0 Å². The van der Waals surface area contributed by atoms with Crippen molar-refractivity contribution >= 4 is 22.4 Å². The quantitative estimate of drug-likeness (QED) is 0.731. The standard InChI is InChI=1S/C20H18N2O2/c1-12(23)13-5-7-14(8-6-13)24-15-9-10-19-17(11-15)20(21)16-3-2-4-18(16)22-19/h5-11H,2-4H2,1H3,(H2,21,22). The van der Waals surface area contributed by atoms with E-state index >= 15 is 0 Å². The number of Topliss-reactive ketones (excluding diaryl/α,β-unsaturated/α-hetero) is 1. The van der Waals surface area contributed by atoms with Gasteiger partial charge in [0.25, 0.3) is 0 Å². The van der Waals surface area contributed by atoms with Crippen molar-refractivity contribution in [2.24, 2.45) is 0 Å². The van der Waals surface area contributed by atoms with Crippen LogP contribution < -0.4 is 10.5 Å². The lowest BCUT2D eigenvalue weighted by atomic mass is 10.1. The molecule has 0 saturated heterocycles. The Morgan fingerprint density at radius 2 is 1.83 bits per heavy atom. The summed E-state index contributed by atoms with van der Waals surface area (Å²) in [5, 5.41) is 0.938. The molecule has 1 heterocycles. The minimum atomic E-state index is 0.0416. The summed E-state index contributed by atoms with van der Waals surface area (Å²) in [5.74, 6) is 1.44. The third kappa shape index (κ3) is 2.50. The van der Waals surface area contributed by atoms with Crippen molar-refractivity contribution in [2.45, 2.75) is 26.2 Å². The third-order valence-electron chi connectivity index (χ3n) is 4.52. The largest absolute Gasteiger partial charge is 0.457 e. The molecule has 1 aliphatic rings. The number of fused-ring (bicyclic) bond motifs is 2. The molecule has 120 valence electrons. The molecule has 0 aliphatic heterocycles. The number of ketones is 1. The first-order valence-corrected chi connectivity index (χ1v) is 8.11. The fraction of sp³-hybridized carbons (Fsp3) is 0.200. The van der Waals surface area contributed by atoms with Gasteiger partial charge in [0.15, 0.2) is 5.78 Å². The van der Waals surface area contributed by atoms with E-state index in [2.05, 4.69) is 0 Å². The summed E-state index contributed by atoms with van der Waals surface area (Å²) in [6, 6.07) is 12.9. The van der Waals surface area contributed by atoms with Crippen molar-refractivity contribution < 1.29 is 9.53 Å². The molecule has 1 aromatic heterocycles. The Hall–Kier alpha value is -2.88. The first-order valence-electron chi connectivity index (χ1n) is 8.11. The number of anilines is 1. The summed E-state index contributed by atoms with van der Waals surface area (Å²) in [5.41, 5.74) is 11.1. The minimum Gasteiger partial charge on any atom is -0.457 e. The Balaban J connectivity index is 1.69. The van der Waals surface area contributed by atoms with Crippen molar-refractivity contribution in [3.05, 3.63) is 59.3 Å². The Morgan fingerprint density at radius 3 is 2.58 bits per heavy atom. The number of aromatic nitrogens is 1. The number of benzene rings is 2. The molecule has 0 radical (unpaired) electrons. The van der Waals surface area contributed by atoms with Crippen LogP contribution >= 0.6 is 0 Å². The van der Waals surface area contributed by atoms with E-state index in [4.69, 9.17) is 15.5 Å². The zero-order valence-electron chi connectivity index (χ0n) is 13.5. The van der Waals surface area contributed by atoms with Gasteiger partial charge in [-0.1, -0.05) is 0 Å². The number of hydrogen-bond donors (Lipinski definition) is 1. The molecule has 4 nitrogen and oxygen atoms in total. The van der Waals surface area contributed by atoms with Gasteiger partial charge in [0.1, 0.15) is 11.5 Å². The lowest BCUT2D eigenvalue weighted by Gasteiger charge is -2.11. The molecule has 0 saturated carbocycles. The molecular weight excluding hydrogens is 300 g/mol. The lowest BCUT2D eigenvalue weighted by molar-refractivity contribution is 0.101. The van der Waals surface area contributed by atoms with E-state index < -0.39 is 0 Å². The smallest absolute Gasteiger partial charge is 0.159 e. The normalized spacial score (nSPS) is 13.0. The second kappa shape index (κ2) is 5.64. The number of nitrogens with zero attached hydrogens (tertiary/aromatic N) is 1. The maximum atomic E-state index is 11.3. The van der Waals surface area contributed by atoms with E-state index in [9.17, 15) is 4.79 Å². The second-order valence-corrected chi connectivity index (χ2v) is 6.17. The average Bonchev–Trinajstić information content (AvgIpc) is 3.05. The van der Waals surface area contributed by atoms with Gasteiger partial charge < -0.3 is 10.5 Å². The highest BCUT2D eigenvalue weighted by atomic mass is 16.5. The van der Waals surface area contributed by atoms with Gasteiger partial charge in [-0.15, -0.1) is 0 Å². The van der Waals surface area contributed by atoms with Gasteiger partial charge in [-0.05, 0) is 74.2 Å². The number of pyridine rings is 1. The third-order valence-corrected chi connectivity index (χ3v) is 4.52.